The number of aliphatic hydroxyl groups excluding tert-OH is 2. The van der Waals surface area contributed by atoms with E-state index in [1.165, 1.54) is 21.8 Å². The Labute approximate surface area is 167 Å². The molecule has 7 nitrogen and oxygen atoms in total. The van der Waals surface area contributed by atoms with Gasteiger partial charge in [-0.1, -0.05) is 0 Å². The first kappa shape index (κ1) is 20.0. The van der Waals surface area contributed by atoms with Crippen molar-refractivity contribution >= 4 is 16.3 Å². The molecule has 0 radical (unpaired) electrons. The van der Waals surface area contributed by atoms with Gasteiger partial charge in [0.2, 0.25) is 0 Å². The Morgan fingerprint density at radius 2 is 2.07 bits per heavy atom. The minimum absolute atomic E-state index is 0.0107. The van der Waals surface area contributed by atoms with Crippen molar-refractivity contribution in [2.45, 2.75) is 38.4 Å². The van der Waals surface area contributed by atoms with E-state index in [-0.39, 0.29) is 49.3 Å². The lowest BCUT2D eigenvalue weighted by molar-refractivity contribution is -0.141. The van der Waals surface area contributed by atoms with Gasteiger partial charge in [0.15, 0.2) is 10.7 Å². The van der Waals surface area contributed by atoms with Gasteiger partial charge in [0.05, 0.1) is 12.2 Å². The quantitative estimate of drug-likeness (QED) is 0.626. The molecule has 1 saturated carbocycles. The molecule has 0 bridgehead atoms. The largest absolute Gasteiger partial charge is 0.435 e. The fraction of sp³-hybridized carbons (Fsp3) is 0.500. The van der Waals surface area contributed by atoms with E-state index in [2.05, 4.69) is 10.1 Å². The van der Waals surface area contributed by atoms with Crippen LogP contribution in [0.3, 0.4) is 0 Å². The lowest BCUT2D eigenvalue weighted by atomic mass is 10.2. The number of rotatable bonds is 6. The highest BCUT2D eigenvalue weighted by Gasteiger charge is 2.41. The molecule has 29 heavy (non-hydrogen) atoms. The smallest absolute Gasteiger partial charge is 0.396 e. The molecule has 0 unspecified atom stereocenters. The molecular weight excluding hydrogens is 409 g/mol. The number of aliphatic hydroxyl groups is 2. The summed E-state index contributed by atoms with van der Waals surface area (Å²) < 4.78 is 41.7. The fourth-order valence-electron chi connectivity index (χ4n) is 3.64. The average Bonchev–Trinajstić information content (AvgIpc) is 3.17. The number of aryl methyl sites for hydroxylation is 1. The van der Waals surface area contributed by atoms with E-state index < -0.39 is 11.9 Å². The maximum absolute atomic E-state index is 13.0. The highest BCUT2D eigenvalue weighted by molar-refractivity contribution is 7.17. The maximum Gasteiger partial charge on any atom is 0.435 e. The first-order valence-electron chi connectivity index (χ1n) is 9.10. The van der Waals surface area contributed by atoms with Crippen LogP contribution in [0.5, 0.6) is 0 Å². The molecule has 3 aromatic heterocycles. The molecule has 2 N–H and O–H groups in total. The van der Waals surface area contributed by atoms with E-state index in [9.17, 15) is 23.1 Å². The van der Waals surface area contributed by atoms with Crippen LogP contribution in [0.2, 0.25) is 0 Å². The van der Waals surface area contributed by atoms with Crippen LogP contribution < -0.4 is 5.56 Å². The standard InChI is InChI=1S/C18H19F3N4O3S/c1-9-16(13-4-10(13)8-27)25-15(28)5-11(22-17(25)29-9)7-24-12(2-3-26)6-14(23-24)18(19,20)21/h5-6,10,13,26-27H,2-4,7-8H2,1H3/t10-,13+/m0/s1. The van der Waals surface area contributed by atoms with Crippen LogP contribution in [0, 0.1) is 12.8 Å². The van der Waals surface area contributed by atoms with Crippen LogP contribution in [0.25, 0.3) is 4.96 Å². The lowest BCUT2D eigenvalue weighted by Crippen LogP contribution is -2.19. The minimum atomic E-state index is -4.60. The lowest BCUT2D eigenvalue weighted by Gasteiger charge is -2.07. The summed E-state index contributed by atoms with van der Waals surface area (Å²) in [5.41, 5.74) is 0.0195. The van der Waals surface area contributed by atoms with E-state index in [1.807, 2.05) is 6.92 Å². The van der Waals surface area contributed by atoms with E-state index >= 15 is 0 Å². The summed E-state index contributed by atoms with van der Waals surface area (Å²) in [5, 5.41) is 22.1. The molecule has 0 aliphatic heterocycles. The number of alkyl halides is 3. The van der Waals surface area contributed by atoms with Gasteiger partial charge >= 0.3 is 6.18 Å². The van der Waals surface area contributed by atoms with Gasteiger partial charge in [-0.15, -0.1) is 11.3 Å². The average molecular weight is 428 g/mol. The number of nitrogens with zero attached hydrogens (tertiary/aromatic N) is 4. The molecule has 4 rings (SSSR count). The van der Waals surface area contributed by atoms with Crippen molar-refractivity contribution in [2.24, 2.45) is 5.92 Å². The SMILES string of the molecule is Cc1sc2nc(Cn3nc(C(F)(F)F)cc3CCO)cc(=O)n2c1[C@@H]1C[C@H]1CO. The molecule has 2 atom stereocenters. The third-order valence-corrected chi connectivity index (χ3v) is 6.10. The van der Waals surface area contributed by atoms with Crippen molar-refractivity contribution in [1.82, 2.24) is 19.2 Å². The Kier molecular flexibility index (Phi) is 4.99. The van der Waals surface area contributed by atoms with Crippen LogP contribution in [-0.2, 0) is 19.1 Å². The Hall–Kier alpha value is -2.24. The molecule has 0 spiro atoms. The van der Waals surface area contributed by atoms with Crippen LogP contribution in [0.15, 0.2) is 16.9 Å². The molecular formula is C18H19F3N4O3S. The van der Waals surface area contributed by atoms with E-state index in [0.29, 0.717) is 10.7 Å². The summed E-state index contributed by atoms with van der Waals surface area (Å²) in [4.78, 5) is 18.6. The Balaban J connectivity index is 1.71. The predicted molar refractivity (Wildman–Crippen MR) is 99.1 cm³/mol. The molecule has 11 heteroatoms. The molecule has 3 aromatic rings. The Bertz CT molecular complexity index is 1120. The van der Waals surface area contributed by atoms with Gasteiger partial charge < -0.3 is 10.2 Å². The minimum Gasteiger partial charge on any atom is -0.396 e. The number of fused-ring (bicyclic) bond motifs is 1. The molecule has 3 heterocycles. The Morgan fingerprint density at radius 1 is 1.31 bits per heavy atom. The maximum atomic E-state index is 13.0. The summed E-state index contributed by atoms with van der Waals surface area (Å²) in [7, 11) is 0. The van der Waals surface area contributed by atoms with E-state index in [0.717, 1.165) is 27.7 Å². The van der Waals surface area contributed by atoms with Gasteiger partial charge in [0, 0.05) is 47.9 Å². The van der Waals surface area contributed by atoms with E-state index in [4.69, 9.17) is 5.11 Å². The highest BCUT2D eigenvalue weighted by Crippen LogP contribution is 2.49. The van der Waals surface area contributed by atoms with Crippen molar-refractivity contribution in [3.8, 4) is 0 Å². The number of thiazole rings is 1. The van der Waals surface area contributed by atoms with Gasteiger partial charge in [-0.05, 0) is 25.3 Å². The van der Waals surface area contributed by atoms with Crippen molar-refractivity contribution < 1.29 is 23.4 Å². The van der Waals surface area contributed by atoms with Crippen LogP contribution in [0.1, 0.15) is 40.0 Å². The van der Waals surface area contributed by atoms with Crippen molar-refractivity contribution in [1.29, 1.82) is 0 Å². The predicted octanol–water partition coefficient (Wildman–Crippen LogP) is 1.96. The van der Waals surface area contributed by atoms with Gasteiger partial charge in [0.1, 0.15) is 0 Å². The highest BCUT2D eigenvalue weighted by atomic mass is 32.1. The molecule has 1 fully saturated rings. The first-order chi connectivity index (χ1) is 13.7. The van der Waals surface area contributed by atoms with Crippen molar-refractivity contribution in [3.05, 3.63) is 50.1 Å². The first-order valence-corrected chi connectivity index (χ1v) is 9.92. The molecule has 1 aliphatic carbocycles. The molecule has 0 aromatic carbocycles. The fourth-order valence-corrected chi connectivity index (χ4v) is 4.70. The molecule has 0 amide bonds. The van der Waals surface area contributed by atoms with Gasteiger partial charge in [-0.2, -0.15) is 18.3 Å². The van der Waals surface area contributed by atoms with Crippen molar-refractivity contribution in [3.63, 3.8) is 0 Å². The van der Waals surface area contributed by atoms with Crippen LogP contribution in [0.4, 0.5) is 13.2 Å². The van der Waals surface area contributed by atoms with Gasteiger partial charge in [-0.25, -0.2) is 4.98 Å². The number of halogens is 3. The zero-order valence-corrected chi connectivity index (χ0v) is 16.3. The van der Waals surface area contributed by atoms with Crippen LogP contribution >= 0.6 is 11.3 Å². The summed E-state index contributed by atoms with van der Waals surface area (Å²) in [6.45, 7) is 1.53. The second kappa shape index (κ2) is 7.22. The second-order valence-electron chi connectivity index (χ2n) is 7.18. The summed E-state index contributed by atoms with van der Waals surface area (Å²) in [6, 6.07) is 2.20. The van der Waals surface area contributed by atoms with E-state index in [1.54, 1.807) is 0 Å². The second-order valence-corrected chi connectivity index (χ2v) is 8.36. The van der Waals surface area contributed by atoms with Gasteiger partial charge in [-0.3, -0.25) is 13.9 Å². The monoisotopic (exact) mass is 428 g/mol. The number of hydrogen-bond acceptors (Lipinski definition) is 6. The number of aromatic nitrogens is 4. The zero-order valence-electron chi connectivity index (χ0n) is 15.5. The third-order valence-electron chi connectivity index (χ3n) is 5.13. The molecule has 0 saturated heterocycles. The summed E-state index contributed by atoms with van der Waals surface area (Å²) in [6.07, 6.45) is -3.77. The molecule has 1 aliphatic rings. The summed E-state index contributed by atoms with van der Waals surface area (Å²) in [5.74, 6) is 0.264. The summed E-state index contributed by atoms with van der Waals surface area (Å²) >= 11 is 1.34. The van der Waals surface area contributed by atoms with Gasteiger partial charge in [0.25, 0.3) is 5.56 Å². The zero-order chi connectivity index (χ0) is 20.9. The topological polar surface area (TPSA) is 92.6 Å². The normalized spacial score (nSPS) is 19.2. The Morgan fingerprint density at radius 3 is 2.69 bits per heavy atom. The van der Waals surface area contributed by atoms with Crippen molar-refractivity contribution in [2.75, 3.05) is 13.2 Å². The molecule has 156 valence electrons. The number of hydrogen-bond donors (Lipinski definition) is 2. The van der Waals surface area contributed by atoms with Crippen LogP contribution in [-0.4, -0.2) is 42.6 Å². The third kappa shape index (κ3) is 3.69.